The first-order valence-electron chi connectivity index (χ1n) is 27.7. The second kappa shape index (κ2) is 29.9. The molecule has 0 amide bonds. The van der Waals surface area contributed by atoms with Crippen molar-refractivity contribution in [3.63, 3.8) is 0 Å². The Hall–Kier alpha value is -9.46. The van der Waals surface area contributed by atoms with Crippen LogP contribution in [-0.2, 0) is 42.1 Å². The first-order chi connectivity index (χ1) is 41.4. The fourth-order valence-corrected chi connectivity index (χ4v) is 10.1. The van der Waals surface area contributed by atoms with E-state index in [2.05, 4.69) is 190 Å². The van der Waals surface area contributed by atoms with Gasteiger partial charge in [-0.25, -0.2) is 9.97 Å². The van der Waals surface area contributed by atoms with Gasteiger partial charge in [-0.2, -0.15) is 60.7 Å². The molecule has 86 heavy (non-hydrogen) atoms. The monoisotopic (exact) mass is 1480 g/mol. The number of hydrogen-bond donors (Lipinski definition) is 0. The van der Waals surface area contributed by atoms with Crippen LogP contribution in [0.4, 0.5) is 68.5 Å². The summed E-state index contributed by atoms with van der Waals surface area (Å²) in [6.45, 7) is 12.9. The van der Waals surface area contributed by atoms with Crippen LogP contribution in [0.3, 0.4) is 0 Å². The van der Waals surface area contributed by atoms with E-state index in [4.69, 9.17) is 9.97 Å². The normalized spacial score (nSPS) is 12.0. The van der Waals surface area contributed by atoms with Crippen LogP contribution < -0.4 is 19.6 Å². The van der Waals surface area contributed by atoms with Gasteiger partial charge >= 0.3 is 0 Å². The number of fused-ring (bicyclic) bond motifs is 6. The Morgan fingerprint density at radius 2 is 0.698 bits per heavy atom. The fraction of sp³-hybridized carbons (Fsp3) is 0.0541. The molecule has 12 heteroatoms. The second-order valence-corrected chi connectivity index (χ2v) is 19.8. The summed E-state index contributed by atoms with van der Waals surface area (Å²) in [4.78, 5) is 26.8. The molecule has 0 saturated carbocycles. The third-order valence-electron chi connectivity index (χ3n) is 14.0. The minimum Gasteiger partial charge on any atom is -0.478 e. The Bertz CT molecular complexity index is 3850. The zero-order valence-electron chi connectivity index (χ0n) is 47.8. The molecule has 0 fully saturated rings. The molecule has 0 atom stereocenters. The van der Waals surface area contributed by atoms with Gasteiger partial charge in [-0.15, -0.1) is 24.7 Å². The number of para-hydroxylation sites is 8. The minimum atomic E-state index is 0. The molecule has 12 aromatic rings. The molecule has 2 aliphatic rings. The van der Waals surface area contributed by atoms with Crippen molar-refractivity contribution in [2.45, 2.75) is 27.7 Å². The molecule has 14 rings (SSSR count). The Morgan fingerprint density at radius 1 is 0.360 bits per heavy atom. The van der Waals surface area contributed by atoms with Crippen LogP contribution in [0.15, 0.2) is 277 Å². The maximum atomic E-state index is 4.81. The third kappa shape index (κ3) is 14.5. The van der Waals surface area contributed by atoms with Gasteiger partial charge in [0, 0.05) is 87.4 Å². The maximum Gasteiger partial charge on any atom is 0.125 e. The number of aryl methyl sites for hydroxylation is 4. The predicted octanol–water partition coefficient (Wildman–Crippen LogP) is 20.2. The number of hydrogen-bond acceptors (Lipinski definition) is 8. The standard InChI is InChI=1S/2C24H19N3.2C13H11N2.2Pt/c2*1-17-9-8-10-18(2)22(17)27-16-26(20-12-4-3-5-13-20)24-23(27)21-14-7-6-11-19(21)15-25-24;2*1-3-7-12(8-4-1)14-11-15-13-9-5-2-6-10-13;;/h2*3-12,14-16H,1-2H3;2*1-11H;;/q2*-2;2*-1;;. The molecular formula is C74H60N10Pt2-6. The SMILES string of the molecule is C(=Nc1ccccc1)[N-]c1ccccc1.C(=Nc1ccccc1)[N-]c1ccccc1.Cc1cccc(C)c1N1[CH-]N(c2[c-]cccc2)c2ncc3ccccc3c21.Cc1cccc(C)c1N1[CH-]N(c2[c-]cccc2)c2ncc3ccccc3c21.[Pt].[Pt]. The van der Waals surface area contributed by atoms with Crippen molar-refractivity contribution in [3.8, 4) is 0 Å². The second-order valence-electron chi connectivity index (χ2n) is 19.8. The topological polar surface area (TPSA) is 91.7 Å². The minimum absolute atomic E-state index is 0. The summed E-state index contributed by atoms with van der Waals surface area (Å²) in [5.74, 6) is 1.86. The van der Waals surface area contributed by atoms with Crippen molar-refractivity contribution < 1.29 is 42.1 Å². The molecule has 10 nitrogen and oxygen atoms in total. The van der Waals surface area contributed by atoms with Crippen molar-refractivity contribution in [3.05, 3.63) is 326 Å². The molecule has 10 aromatic carbocycles. The van der Waals surface area contributed by atoms with Gasteiger partial charge in [-0.3, -0.25) is 0 Å². The molecule has 0 spiro atoms. The number of anilines is 8. The van der Waals surface area contributed by atoms with Crippen LogP contribution in [0.2, 0.25) is 0 Å². The van der Waals surface area contributed by atoms with Crippen LogP contribution in [0.25, 0.3) is 32.2 Å². The summed E-state index contributed by atoms with van der Waals surface area (Å²) in [6, 6.07) is 91.4. The van der Waals surface area contributed by atoms with Gasteiger partial charge in [0.2, 0.25) is 0 Å². The van der Waals surface area contributed by atoms with E-state index in [1.165, 1.54) is 44.4 Å². The van der Waals surface area contributed by atoms with Crippen molar-refractivity contribution in [1.82, 2.24) is 9.97 Å². The summed E-state index contributed by atoms with van der Waals surface area (Å²) in [7, 11) is 0. The Kier molecular flexibility index (Phi) is 21.2. The van der Waals surface area contributed by atoms with E-state index < -0.39 is 0 Å². The number of benzene rings is 10. The van der Waals surface area contributed by atoms with E-state index in [0.29, 0.717) is 0 Å². The van der Waals surface area contributed by atoms with Gasteiger partial charge in [0.1, 0.15) is 11.6 Å². The molecular weight excluding hydrogens is 1420 g/mol. The number of nitrogens with zero attached hydrogens (tertiary/aromatic N) is 10. The van der Waals surface area contributed by atoms with Crippen LogP contribution in [0.1, 0.15) is 22.3 Å². The molecule has 2 aliphatic heterocycles. The number of aromatic nitrogens is 2. The van der Waals surface area contributed by atoms with Gasteiger partial charge in [0.25, 0.3) is 0 Å². The summed E-state index contributed by atoms with van der Waals surface area (Å²) in [6.07, 6.45) is 7.05. The van der Waals surface area contributed by atoms with Crippen molar-refractivity contribution in [2.24, 2.45) is 9.98 Å². The summed E-state index contributed by atoms with van der Waals surface area (Å²) in [5.41, 5.74) is 15.2. The van der Waals surface area contributed by atoms with Gasteiger partial charge in [0.15, 0.2) is 0 Å². The Labute approximate surface area is 533 Å². The Balaban J connectivity index is 0.000000141. The predicted molar refractivity (Wildman–Crippen MR) is 351 cm³/mol. The van der Waals surface area contributed by atoms with E-state index in [1.807, 2.05) is 170 Å². The van der Waals surface area contributed by atoms with Crippen molar-refractivity contribution in [1.29, 1.82) is 0 Å². The average molecular weight is 1480 g/mol. The van der Waals surface area contributed by atoms with E-state index in [0.717, 1.165) is 67.9 Å². The van der Waals surface area contributed by atoms with Crippen molar-refractivity contribution >= 4 is 103 Å². The van der Waals surface area contributed by atoms with Crippen molar-refractivity contribution in [2.75, 3.05) is 19.6 Å². The molecule has 4 heterocycles. The summed E-state index contributed by atoms with van der Waals surface area (Å²) in [5, 5.41) is 13.1. The third-order valence-corrected chi connectivity index (χ3v) is 14.0. The number of rotatable bonds is 10. The largest absolute Gasteiger partial charge is 0.478 e. The number of pyridine rings is 2. The van der Waals surface area contributed by atoms with E-state index in [-0.39, 0.29) is 42.1 Å². The molecule has 0 N–H and O–H groups in total. The maximum absolute atomic E-state index is 4.81. The summed E-state index contributed by atoms with van der Waals surface area (Å²) >= 11 is 0. The fourth-order valence-electron chi connectivity index (χ4n) is 10.1. The van der Waals surface area contributed by atoms with Gasteiger partial charge in [-0.1, -0.05) is 219 Å². The Morgan fingerprint density at radius 3 is 1.06 bits per heavy atom. The van der Waals surface area contributed by atoms with E-state index >= 15 is 0 Å². The molecule has 0 saturated heterocycles. The first-order valence-corrected chi connectivity index (χ1v) is 27.7. The summed E-state index contributed by atoms with van der Waals surface area (Å²) < 4.78 is 0. The van der Waals surface area contributed by atoms with Gasteiger partial charge < -0.3 is 40.2 Å². The molecule has 0 aliphatic carbocycles. The van der Waals surface area contributed by atoms with Gasteiger partial charge in [-0.05, 0) is 72.7 Å². The molecule has 0 bridgehead atoms. The van der Waals surface area contributed by atoms with Crippen LogP contribution in [-0.4, -0.2) is 22.6 Å². The molecule has 0 unspecified atom stereocenters. The molecule has 432 valence electrons. The van der Waals surface area contributed by atoms with E-state index in [9.17, 15) is 0 Å². The van der Waals surface area contributed by atoms with E-state index in [1.54, 1.807) is 12.7 Å². The molecule has 2 aromatic heterocycles. The van der Waals surface area contributed by atoms with Crippen LogP contribution in [0, 0.1) is 53.2 Å². The van der Waals surface area contributed by atoms with Crippen LogP contribution in [0.5, 0.6) is 0 Å². The first kappa shape index (κ1) is 61.1. The zero-order valence-corrected chi connectivity index (χ0v) is 52.4. The molecule has 0 radical (unpaired) electrons. The quantitative estimate of drug-likeness (QED) is 0.0770. The number of aliphatic imine (C=N–C) groups is 2. The zero-order chi connectivity index (χ0) is 57.5. The van der Waals surface area contributed by atoms with Crippen LogP contribution >= 0.6 is 0 Å². The average Bonchev–Trinajstić information content (AvgIpc) is 2.25. The smallest absolute Gasteiger partial charge is 0.125 e. The van der Waals surface area contributed by atoms with Gasteiger partial charge in [0.05, 0.1) is 11.4 Å².